The fourth-order valence-electron chi connectivity index (χ4n) is 9.79. The maximum absolute atomic E-state index is 5.42. The van der Waals surface area contributed by atoms with E-state index < -0.39 is 5.41 Å². The number of hydrogen-bond donors (Lipinski definition) is 0. The van der Waals surface area contributed by atoms with E-state index in [9.17, 15) is 0 Å². The van der Waals surface area contributed by atoms with Crippen LogP contribution in [0.3, 0.4) is 0 Å². The Labute approximate surface area is 352 Å². The molecule has 280 valence electrons. The maximum Gasteiger partial charge on any atom is 0.160 e. The minimum atomic E-state index is -0.506. The van der Waals surface area contributed by atoms with Crippen LogP contribution in [0.1, 0.15) is 22.3 Å². The second-order valence-corrected chi connectivity index (χ2v) is 16.7. The molecular formula is C57H36N2S. The van der Waals surface area contributed by atoms with Crippen molar-refractivity contribution < 1.29 is 0 Å². The minimum Gasteiger partial charge on any atom is -0.228 e. The molecule has 0 amide bonds. The monoisotopic (exact) mass is 780 g/mol. The van der Waals surface area contributed by atoms with E-state index in [0.717, 1.165) is 28.1 Å². The van der Waals surface area contributed by atoms with Crippen LogP contribution in [-0.4, -0.2) is 9.97 Å². The molecule has 1 aliphatic rings. The standard InChI is InChI=1S/C57H36N2S/c1-4-18-37(19-5-1)56-58-50(40-22-16-21-38(34-40)47-35-39-20-10-11-27-43(39)55-54(47)46-29-13-15-33-52(46)60-55)36-51(59-56)45-30-17-32-49-53(45)44-28-12-14-31-48(44)57(49,41-23-6-2-7-24-41)42-25-8-3-9-26-42/h1-36H. The Kier molecular flexibility index (Phi) is 7.97. The van der Waals surface area contributed by atoms with Gasteiger partial charge in [-0.1, -0.05) is 194 Å². The molecule has 60 heavy (non-hydrogen) atoms. The van der Waals surface area contributed by atoms with Crippen molar-refractivity contribution in [2.24, 2.45) is 0 Å². The van der Waals surface area contributed by atoms with E-state index in [1.54, 1.807) is 0 Å². The molecule has 0 N–H and O–H groups in total. The maximum atomic E-state index is 5.42. The predicted octanol–water partition coefficient (Wildman–Crippen LogP) is 15.0. The van der Waals surface area contributed by atoms with Crippen molar-refractivity contribution >= 4 is 42.3 Å². The number of rotatable bonds is 6. The summed E-state index contributed by atoms with van der Waals surface area (Å²) in [4.78, 5) is 10.8. The van der Waals surface area contributed by atoms with Crippen LogP contribution < -0.4 is 0 Å². The molecule has 0 fully saturated rings. The lowest BCUT2D eigenvalue weighted by Gasteiger charge is -2.33. The van der Waals surface area contributed by atoms with Gasteiger partial charge in [-0.2, -0.15) is 0 Å². The van der Waals surface area contributed by atoms with Crippen LogP contribution in [0.15, 0.2) is 218 Å². The van der Waals surface area contributed by atoms with E-state index >= 15 is 0 Å². The van der Waals surface area contributed by atoms with Gasteiger partial charge in [0.05, 0.1) is 16.8 Å². The van der Waals surface area contributed by atoms with Crippen molar-refractivity contribution in [3.8, 4) is 56.2 Å². The Morgan fingerprint density at radius 3 is 1.77 bits per heavy atom. The van der Waals surface area contributed by atoms with E-state index in [1.165, 1.54) is 75.5 Å². The summed E-state index contributed by atoms with van der Waals surface area (Å²) < 4.78 is 2.63. The molecule has 0 unspecified atom stereocenters. The third kappa shape index (κ3) is 5.26. The van der Waals surface area contributed by atoms with Crippen molar-refractivity contribution in [2.75, 3.05) is 0 Å². The fourth-order valence-corrected chi connectivity index (χ4v) is 11.1. The summed E-state index contributed by atoms with van der Waals surface area (Å²) in [6.07, 6.45) is 0. The first kappa shape index (κ1) is 34.6. The van der Waals surface area contributed by atoms with E-state index in [4.69, 9.17) is 9.97 Å². The summed E-state index contributed by atoms with van der Waals surface area (Å²) in [5.74, 6) is 0.701. The summed E-state index contributed by atoms with van der Waals surface area (Å²) in [7, 11) is 0. The molecule has 0 saturated heterocycles. The Morgan fingerprint density at radius 1 is 0.383 bits per heavy atom. The largest absolute Gasteiger partial charge is 0.228 e. The van der Waals surface area contributed by atoms with E-state index in [2.05, 4.69) is 212 Å². The Morgan fingerprint density at radius 2 is 0.967 bits per heavy atom. The van der Waals surface area contributed by atoms with Crippen molar-refractivity contribution in [2.45, 2.75) is 5.41 Å². The zero-order chi connectivity index (χ0) is 39.6. The van der Waals surface area contributed by atoms with Gasteiger partial charge in [-0.15, -0.1) is 11.3 Å². The van der Waals surface area contributed by atoms with Gasteiger partial charge >= 0.3 is 0 Å². The van der Waals surface area contributed by atoms with Crippen LogP contribution in [0.4, 0.5) is 0 Å². The highest BCUT2D eigenvalue weighted by Crippen LogP contribution is 2.58. The average molecular weight is 781 g/mol. The van der Waals surface area contributed by atoms with Crippen LogP contribution >= 0.6 is 11.3 Å². The lowest BCUT2D eigenvalue weighted by Crippen LogP contribution is -2.28. The van der Waals surface area contributed by atoms with E-state index in [0.29, 0.717) is 5.82 Å². The zero-order valence-corrected chi connectivity index (χ0v) is 33.4. The van der Waals surface area contributed by atoms with Crippen molar-refractivity contribution in [1.29, 1.82) is 0 Å². The molecule has 0 bridgehead atoms. The van der Waals surface area contributed by atoms with Gasteiger partial charge in [-0.05, 0) is 79.5 Å². The first-order valence-electron chi connectivity index (χ1n) is 20.5. The minimum absolute atomic E-state index is 0.506. The van der Waals surface area contributed by atoms with Crippen LogP contribution in [0.2, 0.25) is 0 Å². The number of nitrogens with zero attached hydrogens (tertiary/aromatic N) is 2. The second kappa shape index (κ2) is 13.8. The van der Waals surface area contributed by atoms with Crippen molar-refractivity contribution in [1.82, 2.24) is 9.97 Å². The molecule has 0 aliphatic heterocycles. The van der Waals surface area contributed by atoms with Gasteiger partial charge in [-0.25, -0.2) is 9.97 Å². The highest BCUT2D eigenvalue weighted by Gasteiger charge is 2.46. The first-order chi connectivity index (χ1) is 29.8. The lowest BCUT2D eigenvalue weighted by molar-refractivity contribution is 0.768. The number of aromatic nitrogens is 2. The first-order valence-corrected chi connectivity index (χ1v) is 21.3. The number of fused-ring (bicyclic) bond motifs is 8. The quantitative estimate of drug-likeness (QED) is 0.168. The van der Waals surface area contributed by atoms with Crippen LogP contribution in [-0.2, 0) is 5.41 Å². The molecule has 9 aromatic carbocycles. The third-order valence-corrected chi connectivity index (χ3v) is 13.6. The van der Waals surface area contributed by atoms with Crippen LogP contribution in [0.5, 0.6) is 0 Å². The van der Waals surface area contributed by atoms with E-state index in [-0.39, 0.29) is 0 Å². The smallest absolute Gasteiger partial charge is 0.160 e. The summed E-state index contributed by atoms with van der Waals surface area (Å²) in [6.45, 7) is 0. The molecule has 3 heteroatoms. The lowest BCUT2D eigenvalue weighted by atomic mass is 9.67. The van der Waals surface area contributed by atoms with Gasteiger partial charge in [0.25, 0.3) is 0 Å². The second-order valence-electron chi connectivity index (χ2n) is 15.6. The molecule has 0 spiro atoms. The summed E-state index contributed by atoms with van der Waals surface area (Å²) in [5.41, 5.74) is 14.2. The van der Waals surface area contributed by atoms with Crippen molar-refractivity contribution in [3.05, 3.63) is 241 Å². The highest BCUT2D eigenvalue weighted by molar-refractivity contribution is 7.26. The van der Waals surface area contributed by atoms with Crippen LogP contribution in [0.25, 0.3) is 87.1 Å². The number of thiophene rings is 1. The normalized spacial score (nSPS) is 12.8. The fraction of sp³-hybridized carbons (Fsp3) is 0.0175. The van der Waals surface area contributed by atoms with Gasteiger partial charge in [0, 0.05) is 36.9 Å². The van der Waals surface area contributed by atoms with Crippen LogP contribution in [0, 0.1) is 0 Å². The summed E-state index contributed by atoms with van der Waals surface area (Å²) in [6, 6.07) is 79.1. The Balaban J connectivity index is 1.10. The molecule has 12 rings (SSSR count). The molecule has 1 aliphatic carbocycles. The third-order valence-electron chi connectivity index (χ3n) is 12.4. The van der Waals surface area contributed by atoms with Gasteiger partial charge in [-0.3, -0.25) is 0 Å². The zero-order valence-electron chi connectivity index (χ0n) is 32.6. The van der Waals surface area contributed by atoms with Gasteiger partial charge in [0.15, 0.2) is 5.82 Å². The number of benzene rings is 9. The molecule has 2 nitrogen and oxygen atoms in total. The SMILES string of the molecule is c1ccc(-c2nc(-c3cccc(-c4cc5ccccc5c5sc6ccccc6c45)c3)cc(-c3cccc4c3-c3ccccc3C4(c3ccccc3)c3ccccc3)n2)cc1. The van der Waals surface area contributed by atoms with Gasteiger partial charge in [0.2, 0.25) is 0 Å². The molecule has 2 heterocycles. The highest BCUT2D eigenvalue weighted by atomic mass is 32.1. The Bertz CT molecular complexity index is 3380. The van der Waals surface area contributed by atoms with Gasteiger partial charge < -0.3 is 0 Å². The van der Waals surface area contributed by atoms with Crippen molar-refractivity contribution in [3.63, 3.8) is 0 Å². The molecule has 11 aromatic rings. The predicted molar refractivity (Wildman–Crippen MR) is 251 cm³/mol. The molecule has 0 atom stereocenters. The molecule has 0 saturated carbocycles. The molecular weight excluding hydrogens is 745 g/mol. The van der Waals surface area contributed by atoms with Gasteiger partial charge in [0.1, 0.15) is 0 Å². The Hall–Kier alpha value is -7.46. The van der Waals surface area contributed by atoms with E-state index in [1.807, 2.05) is 17.4 Å². The average Bonchev–Trinajstić information content (AvgIpc) is 3.87. The molecule has 0 radical (unpaired) electrons. The topological polar surface area (TPSA) is 25.8 Å². The molecule has 2 aromatic heterocycles. The number of hydrogen-bond acceptors (Lipinski definition) is 3. The summed E-state index contributed by atoms with van der Waals surface area (Å²) >= 11 is 1.88. The summed E-state index contributed by atoms with van der Waals surface area (Å²) in [5, 5.41) is 5.13.